The van der Waals surface area contributed by atoms with Crippen LogP contribution in [0, 0.1) is 0 Å². The van der Waals surface area contributed by atoms with Crippen molar-refractivity contribution in [2.45, 2.75) is 25.3 Å². The van der Waals surface area contributed by atoms with Crippen LogP contribution >= 0.6 is 11.6 Å². The zero-order valence-electron chi connectivity index (χ0n) is 10.3. The highest BCUT2D eigenvalue weighted by atomic mass is 35.5. The summed E-state index contributed by atoms with van der Waals surface area (Å²) >= 11 is 6.19. The van der Waals surface area contributed by atoms with E-state index < -0.39 is 0 Å². The van der Waals surface area contributed by atoms with Crippen LogP contribution in [0.25, 0.3) is 11.0 Å². The van der Waals surface area contributed by atoms with Gasteiger partial charge in [0.1, 0.15) is 11.3 Å². The molecule has 19 heavy (non-hydrogen) atoms. The molecule has 0 aromatic carbocycles. The minimum absolute atomic E-state index is 0.169. The molecule has 0 N–H and O–H groups in total. The summed E-state index contributed by atoms with van der Waals surface area (Å²) in [6.07, 6.45) is 5.48. The summed E-state index contributed by atoms with van der Waals surface area (Å²) in [6.45, 7) is 2.60. The number of fused-ring (bicyclic) bond motifs is 1. The Kier molecular flexibility index (Phi) is 3.16. The van der Waals surface area contributed by atoms with Crippen LogP contribution in [0.3, 0.4) is 0 Å². The molecule has 0 fully saturated rings. The molecule has 0 radical (unpaired) electrons. The quantitative estimate of drug-likeness (QED) is 0.685. The lowest BCUT2D eigenvalue weighted by Crippen LogP contribution is -2.07. The Balaban J connectivity index is 1.97. The monoisotopic (exact) mass is 277 g/mol. The second-order valence-corrected chi connectivity index (χ2v) is 4.85. The van der Waals surface area contributed by atoms with E-state index in [1.807, 2.05) is 13.0 Å². The number of hydrogen-bond donors (Lipinski definition) is 0. The van der Waals surface area contributed by atoms with Gasteiger partial charge >= 0.3 is 0 Å². The highest BCUT2D eigenvalue weighted by Gasteiger charge is 2.15. The number of rotatable bonds is 4. The zero-order chi connectivity index (χ0) is 13.2. The SMILES string of the molecule is CC(Cl)c1nc2cnccc2n1CCc1ncon1. The summed E-state index contributed by atoms with van der Waals surface area (Å²) in [6, 6.07) is 1.93. The zero-order valence-corrected chi connectivity index (χ0v) is 11.1. The normalized spacial score (nSPS) is 12.9. The van der Waals surface area contributed by atoms with Crippen molar-refractivity contribution in [2.75, 3.05) is 0 Å². The van der Waals surface area contributed by atoms with Crippen LogP contribution in [0.1, 0.15) is 23.9 Å². The van der Waals surface area contributed by atoms with E-state index in [0.717, 1.165) is 16.9 Å². The van der Waals surface area contributed by atoms with Gasteiger partial charge in [-0.3, -0.25) is 4.98 Å². The molecule has 3 aromatic heterocycles. The molecule has 0 bridgehead atoms. The number of aromatic nitrogens is 5. The molecule has 0 aliphatic rings. The van der Waals surface area contributed by atoms with Gasteiger partial charge < -0.3 is 9.09 Å². The second kappa shape index (κ2) is 4.97. The smallest absolute Gasteiger partial charge is 0.213 e. The highest BCUT2D eigenvalue weighted by molar-refractivity contribution is 6.20. The fourth-order valence-electron chi connectivity index (χ4n) is 2.05. The third-order valence-corrected chi connectivity index (χ3v) is 3.10. The largest absolute Gasteiger partial charge is 0.343 e. The molecule has 0 saturated heterocycles. The number of aryl methyl sites for hydroxylation is 2. The second-order valence-electron chi connectivity index (χ2n) is 4.20. The van der Waals surface area contributed by atoms with Crippen LogP contribution in [-0.2, 0) is 13.0 Å². The van der Waals surface area contributed by atoms with Crippen molar-refractivity contribution in [3.05, 3.63) is 36.5 Å². The topological polar surface area (TPSA) is 69.6 Å². The van der Waals surface area contributed by atoms with E-state index in [1.54, 1.807) is 12.4 Å². The maximum atomic E-state index is 6.19. The number of hydrogen-bond acceptors (Lipinski definition) is 5. The lowest BCUT2D eigenvalue weighted by Gasteiger charge is -2.08. The lowest BCUT2D eigenvalue weighted by atomic mass is 10.3. The summed E-state index contributed by atoms with van der Waals surface area (Å²) in [7, 11) is 0. The van der Waals surface area contributed by atoms with E-state index in [9.17, 15) is 0 Å². The van der Waals surface area contributed by atoms with Crippen molar-refractivity contribution in [2.24, 2.45) is 0 Å². The van der Waals surface area contributed by atoms with Crippen molar-refractivity contribution in [3.8, 4) is 0 Å². The van der Waals surface area contributed by atoms with Gasteiger partial charge in [0.2, 0.25) is 6.39 Å². The van der Waals surface area contributed by atoms with Gasteiger partial charge in [-0.1, -0.05) is 5.16 Å². The maximum Gasteiger partial charge on any atom is 0.213 e. The third-order valence-electron chi connectivity index (χ3n) is 2.90. The number of halogens is 1. The summed E-state index contributed by atoms with van der Waals surface area (Å²) in [5, 5.41) is 3.64. The first kappa shape index (κ1) is 12.1. The molecule has 1 unspecified atom stereocenters. The summed E-state index contributed by atoms with van der Waals surface area (Å²) in [5.74, 6) is 1.50. The Morgan fingerprint density at radius 2 is 2.37 bits per heavy atom. The Bertz CT molecular complexity index is 677. The van der Waals surface area contributed by atoms with Gasteiger partial charge in [-0.2, -0.15) is 4.98 Å². The van der Waals surface area contributed by atoms with Crippen molar-refractivity contribution >= 4 is 22.6 Å². The van der Waals surface area contributed by atoms with E-state index in [2.05, 4.69) is 24.7 Å². The molecular formula is C12H12ClN5O. The summed E-state index contributed by atoms with van der Waals surface area (Å²) in [5.41, 5.74) is 1.86. The van der Waals surface area contributed by atoms with Gasteiger partial charge in [0.05, 0.1) is 17.1 Å². The maximum absolute atomic E-state index is 6.19. The van der Waals surface area contributed by atoms with Gasteiger partial charge in [-0.05, 0) is 13.0 Å². The lowest BCUT2D eigenvalue weighted by molar-refractivity contribution is 0.408. The summed E-state index contributed by atoms with van der Waals surface area (Å²) < 4.78 is 6.80. The summed E-state index contributed by atoms with van der Waals surface area (Å²) in [4.78, 5) is 12.6. The van der Waals surface area contributed by atoms with Gasteiger partial charge in [0.25, 0.3) is 0 Å². The molecular weight excluding hydrogens is 266 g/mol. The Hall–Kier alpha value is -1.95. The molecule has 0 aliphatic carbocycles. The highest BCUT2D eigenvalue weighted by Crippen LogP contribution is 2.24. The first-order valence-electron chi connectivity index (χ1n) is 5.95. The Morgan fingerprint density at radius 1 is 1.47 bits per heavy atom. The minimum atomic E-state index is -0.169. The van der Waals surface area contributed by atoms with Gasteiger partial charge in [-0.25, -0.2) is 4.98 Å². The van der Waals surface area contributed by atoms with Crippen LogP contribution in [-0.4, -0.2) is 24.7 Å². The van der Waals surface area contributed by atoms with Crippen molar-refractivity contribution in [1.82, 2.24) is 24.7 Å². The van der Waals surface area contributed by atoms with E-state index >= 15 is 0 Å². The first-order valence-corrected chi connectivity index (χ1v) is 6.39. The van der Waals surface area contributed by atoms with E-state index in [1.165, 1.54) is 6.39 Å². The van der Waals surface area contributed by atoms with Crippen molar-refractivity contribution < 1.29 is 4.52 Å². The molecule has 3 heterocycles. The molecule has 0 aliphatic heterocycles. The third kappa shape index (κ3) is 2.31. The number of nitrogens with zero attached hydrogens (tertiary/aromatic N) is 5. The van der Waals surface area contributed by atoms with Crippen LogP contribution in [0.2, 0.25) is 0 Å². The first-order chi connectivity index (χ1) is 9.25. The van der Waals surface area contributed by atoms with E-state index in [0.29, 0.717) is 18.8 Å². The fourth-order valence-corrected chi connectivity index (χ4v) is 2.22. The average molecular weight is 278 g/mol. The molecule has 0 saturated carbocycles. The Labute approximate surface area is 114 Å². The average Bonchev–Trinajstić information content (AvgIpc) is 3.03. The molecule has 0 amide bonds. The van der Waals surface area contributed by atoms with Crippen LogP contribution in [0.5, 0.6) is 0 Å². The minimum Gasteiger partial charge on any atom is -0.343 e. The van der Waals surface area contributed by atoms with Crippen LogP contribution in [0.4, 0.5) is 0 Å². The van der Waals surface area contributed by atoms with Crippen molar-refractivity contribution in [1.29, 1.82) is 0 Å². The molecule has 3 rings (SSSR count). The van der Waals surface area contributed by atoms with Gasteiger partial charge in [0, 0.05) is 19.2 Å². The van der Waals surface area contributed by atoms with Gasteiger partial charge in [0.15, 0.2) is 5.82 Å². The molecule has 98 valence electrons. The fraction of sp³-hybridized carbons (Fsp3) is 0.333. The standard InChI is InChI=1S/C12H12ClN5O/c1-8(13)12-16-9-6-14-4-2-10(9)18(12)5-3-11-15-7-19-17-11/h2,4,6-8H,3,5H2,1H3. The molecule has 3 aromatic rings. The van der Waals surface area contributed by atoms with E-state index in [-0.39, 0.29) is 5.38 Å². The number of pyridine rings is 1. The van der Waals surface area contributed by atoms with Crippen LogP contribution < -0.4 is 0 Å². The number of imidazole rings is 1. The van der Waals surface area contributed by atoms with E-state index in [4.69, 9.17) is 16.1 Å². The molecule has 0 spiro atoms. The van der Waals surface area contributed by atoms with Gasteiger partial charge in [-0.15, -0.1) is 11.6 Å². The number of alkyl halides is 1. The molecule has 6 nitrogen and oxygen atoms in total. The van der Waals surface area contributed by atoms with Crippen molar-refractivity contribution in [3.63, 3.8) is 0 Å². The predicted octanol–water partition coefficient (Wildman–Crippen LogP) is 2.36. The molecule has 1 atom stereocenters. The van der Waals surface area contributed by atoms with Crippen LogP contribution in [0.15, 0.2) is 29.4 Å². The molecule has 7 heteroatoms. The Morgan fingerprint density at radius 3 is 3.11 bits per heavy atom. The predicted molar refractivity (Wildman–Crippen MR) is 69.8 cm³/mol.